The van der Waals surface area contributed by atoms with Gasteiger partial charge in [-0.25, -0.2) is 0 Å². The molecule has 1 aliphatic carbocycles. The highest BCUT2D eigenvalue weighted by atomic mass is 16.5. The Labute approximate surface area is 322 Å². The first kappa shape index (κ1) is 32.8. The van der Waals surface area contributed by atoms with Crippen LogP contribution in [0.15, 0.2) is 188 Å². The number of anilines is 3. The van der Waals surface area contributed by atoms with E-state index in [2.05, 4.69) is 199 Å². The second-order valence-corrected chi connectivity index (χ2v) is 15.0. The number of methoxy groups -OCH3 is 1. The lowest BCUT2D eigenvalue weighted by atomic mass is 9.82. The van der Waals surface area contributed by atoms with Crippen molar-refractivity contribution in [3.63, 3.8) is 0 Å². The molecule has 0 amide bonds. The first-order valence-corrected chi connectivity index (χ1v) is 19.0. The standard InChI is InChI=1S/C52H40N2O/c1-52(2)48-33-41(27-31-44(48)45-32-28-42(34-49(45)52)54-50-15-9-7-13-46(50)47-14-8-10-16-51(47)54)53(40-25-29-43(55-3)30-26-40)39-23-21-38(22-24-39)37-19-17-36(18-20-37)35-11-5-4-6-12-35/h4-34H,1-3H3. The van der Waals surface area contributed by atoms with Crippen LogP contribution in [-0.4, -0.2) is 11.7 Å². The van der Waals surface area contributed by atoms with E-state index in [0.29, 0.717) is 0 Å². The van der Waals surface area contributed by atoms with Crippen molar-refractivity contribution < 1.29 is 4.74 Å². The molecule has 1 aromatic heterocycles. The van der Waals surface area contributed by atoms with Crippen LogP contribution in [0.25, 0.3) is 60.9 Å². The molecule has 0 aliphatic heterocycles. The summed E-state index contributed by atoms with van der Waals surface area (Å²) in [7, 11) is 1.71. The van der Waals surface area contributed by atoms with Crippen LogP contribution in [0.3, 0.4) is 0 Å². The molecule has 264 valence electrons. The number of benzene rings is 8. The van der Waals surface area contributed by atoms with Gasteiger partial charge in [0.25, 0.3) is 0 Å². The molecule has 10 rings (SSSR count). The Morgan fingerprint density at radius 2 is 0.891 bits per heavy atom. The van der Waals surface area contributed by atoms with Crippen molar-refractivity contribution in [1.82, 2.24) is 4.57 Å². The van der Waals surface area contributed by atoms with Gasteiger partial charge in [0.1, 0.15) is 5.75 Å². The van der Waals surface area contributed by atoms with E-state index >= 15 is 0 Å². The highest BCUT2D eigenvalue weighted by molar-refractivity contribution is 6.09. The van der Waals surface area contributed by atoms with Gasteiger partial charge in [0.2, 0.25) is 0 Å². The van der Waals surface area contributed by atoms with E-state index in [4.69, 9.17) is 4.74 Å². The van der Waals surface area contributed by atoms with E-state index in [1.165, 1.54) is 72.0 Å². The molecular weight excluding hydrogens is 669 g/mol. The minimum absolute atomic E-state index is 0.212. The summed E-state index contributed by atoms with van der Waals surface area (Å²) in [5, 5.41) is 2.55. The summed E-state index contributed by atoms with van der Waals surface area (Å²) >= 11 is 0. The first-order valence-electron chi connectivity index (χ1n) is 19.0. The second-order valence-electron chi connectivity index (χ2n) is 15.0. The molecule has 3 heteroatoms. The third kappa shape index (κ3) is 5.42. The van der Waals surface area contributed by atoms with E-state index in [9.17, 15) is 0 Å². The summed E-state index contributed by atoms with van der Waals surface area (Å²) in [6.07, 6.45) is 0. The van der Waals surface area contributed by atoms with Crippen molar-refractivity contribution >= 4 is 38.9 Å². The van der Waals surface area contributed by atoms with Gasteiger partial charge < -0.3 is 14.2 Å². The molecule has 1 aliphatic rings. The highest BCUT2D eigenvalue weighted by Gasteiger charge is 2.36. The first-order chi connectivity index (χ1) is 27.0. The predicted molar refractivity (Wildman–Crippen MR) is 230 cm³/mol. The van der Waals surface area contributed by atoms with Gasteiger partial charge >= 0.3 is 0 Å². The van der Waals surface area contributed by atoms with Crippen LogP contribution >= 0.6 is 0 Å². The number of hydrogen-bond acceptors (Lipinski definition) is 2. The Morgan fingerprint density at radius 3 is 1.47 bits per heavy atom. The zero-order valence-electron chi connectivity index (χ0n) is 31.2. The highest BCUT2D eigenvalue weighted by Crippen LogP contribution is 2.51. The third-order valence-electron chi connectivity index (χ3n) is 11.5. The number of ether oxygens (including phenoxy) is 1. The maximum absolute atomic E-state index is 5.55. The van der Waals surface area contributed by atoms with Crippen LogP contribution in [0.4, 0.5) is 17.1 Å². The molecule has 0 unspecified atom stereocenters. The normalized spacial score (nSPS) is 12.8. The molecule has 0 fully saturated rings. The fourth-order valence-corrected chi connectivity index (χ4v) is 8.66. The van der Waals surface area contributed by atoms with Gasteiger partial charge in [-0.2, -0.15) is 0 Å². The van der Waals surface area contributed by atoms with Gasteiger partial charge in [-0.1, -0.05) is 129 Å². The molecule has 0 N–H and O–H groups in total. The Morgan fingerprint density at radius 1 is 0.436 bits per heavy atom. The fourth-order valence-electron chi connectivity index (χ4n) is 8.66. The van der Waals surface area contributed by atoms with Crippen molar-refractivity contribution in [2.45, 2.75) is 19.3 Å². The smallest absolute Gasteiger partial charge is 0.119 e. The molecule has 0 bridgehead atoms. The lowest BCUT2D eigenvalue weighted by molar-refractivity contribution is 0.415. The maximum atomic E-state index is 5.55. The van der Waals surface area contributed by atoms with Gasteiger partial charge in [0.15, 0.2) is 0 Å². The summed E-state index contributed by atoms with van der Waals surface area (Å²) < 4.78 is 7.97. The van der Waals surface area contributed by atoms with E-state index < -0.39 is 0 Å². The van der Waals surface area contributed by atoms with Gasteiger partial charge in [0.05, 0.1) is 18.1 Å². The molecule has 8 aromatic carbocycles. The third-order valence-corrected chi connectivity index (χ3v) is 11.5. The Kier molecular flexibility index (Phi) is 7.71. The van der Waals surface area contributed by atoms with Gasteiger partial charge in [0, 0.05) is 38.9 Å². The zero-order valence-corrected chi connectivity index (χ0v) is 31.2. The minimum atomic E-state index is -0.212. The number of rotatable bonds is 7. The predicted octanol–water partition coefficient (Wildman–Crippen LogP) is 13.9. The van der Waals surface area contributed by atoms with Crippen molar-refractivity contribution in [1.29, 1.82) is 0 Å². The number of aromatic nitrogens is 1. The van der Waals surface area contributed by atoms with Gasteiger partial charge in [-0.3, -0.25) is 0 Å². The molecule has 0 saturated carbocycles. The SMILES string of the molecule is COc1ccc(N(c2ccc(-c3ccc(-c4ccccc4)cc3)cc2)c2ccc3c(c2)C(C)(C)c2cc(-n4c5ccccc5c5ccccc54)ccc2-3)cc1. The lowest BCUT2D eigenvalue weighted by Gasteiger charge is -2.28. The summed E-state index contributed by atoms with van der Waals surface area (Å²) in [5.74, 6) is 0.836. The molecule has 9 aromatic rings. The average Bonchev–Trinajstić information content (AvgIpc) is 3.70. The quantitative estimate of drug-likeness (QED) is 0.164. The van der Waals surface area contributed by atoms with Crippen LogP contribution in [0.5, 0.6) is 5.75 Å². The lowest BCUT2D eigenvalue weighted by Crippen LogP contribution is -2.17. The Bertz CT molecular complexity index is 2790. The van der Waals surface area contributed by atoms with E-state index in [1.807, 2.05) is 12.1 Å². The topological polar surface area (TPSA) is 17.4 Å². The van der Waals surface area contributed by atoms with Crippen molar-refractivity contribution in [3.05, 3.63) is 199 Å². The van der Waals surface area contributed by atoms with Gasteiger partial charge in [-0.15, -0.1) is 0 Å². The van der Waals surface area contributed by atoms with E-state index in [1.54, 1.807) is 7.11 Å². The zero-order chi connectivity index (χ0) is 37.1. The molecule has 0 saturated heterocycles. The largest absolute Gasteiger partial charge is 0.497 e. The summed E-state index contributed by atoms with van der Waals surface area (Å²) in [6, 6.07) is 68.1. The van der Waals surface area contributed by atoms with E-state index in [-0.39, 0.29) is 5.41 Å². The Hall–Kier alpha value is -6.84. The average molecular weight is 709 g/mol. The van der Waals surface area contributed by atoms with Crippen LogP contribution in [0, 0.1) is 0 Å². The molecular formula is C52H40N2O. The number of para-hydroxylation sites is 2. The number of nitrogens with zero attached hydrogens (tertiary/aromatic N) is 2. The maximum Gasteiger partial charge on any atom is 0.119 e. The Balaban J connectivity index is 1.03. The molecule has 3 nitrogen and oxygen atoms in total. The van der Waals surface area contributed by atoms with Crippen molar-refractivity contribution in [2.75, 3.05) is 12.0 Å². The fraction of sp³-hybridized carbons (Fsp3) is 0.0769. The molecule has 1 heterocycles. The van der Waals surface area contributed by atoms with Crippen LogP contribution < -0.4 is 9.64 Å². The monoisotopic (exact) mass is 708 g/mol. The molecule has 0 radical (unpaired) electrons. The van der Waals surface area contributed by atoms with E-state index in [0.717, 1.165) is 22.8 Å². The molecule has 0 atom stereocenters. The van der Waals surface area contributed by atoms with Crippen LogP contribution in [0.1, 0.15) is 25.0 Å². The van der Waals surface area contributed by atoms with Crippen LogP contribution in [-0.2, 0) is 5.41 Å². The van der Waals surface area contributed by atoms with Crippen molar-refractivity contribution in [3.8, 4) is 44.8 Å². The summed E-state index contributed by atoms with van der Waals surface area (Å²) in [4.78, 5) is 2.35. The number of hydrogen-bond donors (Lipinski definition) is 0. The molecule has 0 spiro atoms. The van der Waals surface area contributed by atoms with Crippen LogP contribution in [0.2, 0.25) is 0 Å². The minimum Gasteiger partial charge on any atom is -0.497 e. The summed E-state index contributed by atoms with van der Waals surface area (Å²) in [5.41, 5.74) is 16.8. The van der Waals surface area contributed by atoms with Gasteiger partial charge in [-0.05, 0) is 117 Å². The summed E-state index contributed by atoms with van der Waals surface area (Å²) in [6.45, 7) is 4.74. The molecule has 55 heavy (non-hydrogen) atoms. The number of fused-ring (bicyclic) bond motifs is 6. The van der Waals surface area contributed by atoms with Crippen molar-refractivity contribution in [2.24, 2.45) is 0 Å². The second kappa shape index (κ2) is 12.9.